The van der Waals surface area contributed by atoms with Gasteiger partial charge in [0.05, 0.1) is 12.7 Å². The van der Waals surface area contributed by atoms with Gasteiger partial charge < -0.3 is 9.64 Å². The third-order valence-corrected chi connectivity index (χ3v) is 3.42. The van der Waals surface area contributed by atoms with Crippen molar-refractivity contribution in [2.45, 2.75) is 32.6 Å². The molecule has 0 aliphatic carbocycles. The summed E-state index contributed by atoms with van der Waals surface area (Å²) in [5.74, 6) is -0.202. The van der Waals surface area contributed by atoms with Crippen LogP contribution in [0.2, 0.25) is 0 Å². The van der Waals surface area contributed by atoms with Crippen molar-refractivity contribution < 1.29 is 14.3 Å². The number of benzene rings is 1. The summed E-state index contributed by atoms with van der Waals surface area (Å²) in [6, 6.07) is 5.48. The number of nitrogens with zero attached hydrogens (tertiary/aromatic N) is 1. The first-order valence-electron chi connectivity index (χ1n) is 6.69. The lowest BCUT2D eigenvalue weighted by atomic mass is 9.96. The normalized spacial score (nSPS) is 13.9. The maximum absolute atomic E-state index is 12.1. The molecule has 1 heterocycles. The fourth-order valence-electron chi connectivity index (χ4n) is 2.53. The lowest BCUT2D eigenvalue weighted by Gasteiger charge is -2.30. The highest BCUT2D eigenvalue weighted by Crippen LogP contribution is 2.30. The fourth-order valence-corrected chi connectivity index (χ4v) is 2.53. The Morgan fingerprint density at radius 2 is 2.16 bits per heavy atom. The minimum atomic E-state index is -0.332. The second kappa shape index (κ2) is 5.87. The molecule has 19 heavy (non-hydrogen) atoms. The van der Waals surface area contributed by atoms with Crippen LogP contribution in [0.15, 0.2) is 18.2 Å². The zero-order valence-electron chi connectivity index (χ0n) is 11.4. The smallest absolute Gasteiger partial charge is 0.338 e. The van der Waals surface area contributed by atoms with Crippen LogP contribution < -0.4 is 4.90 Å². The average molecular weight is 261 g/mol. The van der Waals surface area contributed by atoms with E-state index in [2.05, 4.69) is 0 Å². The molecule has 0 bridgehead atoms. The zero-order valence-corrected chi connectivity index (χ0v) is 11.4. The van der Waals surface area contributed by atoms with E-state index >= 15 is 0 Å². The summed E-state index contributed by atoms with van der Waals surface area (Å²) in [5, 5.41) is 0. The van der Waals surface area contributed by atoms with Crippen LogP contribution in [0.3, 0.4) is 0 Å². The number of hydrogen-bond acceptors (Lipinski definition) is 3. The van der Waals surface area contributed by atoms with E-state index in [1.54, 1.807) is 11.0 Å². The monoisotopic (exact) mass is 261 g/mol. The van der Waals surface area contributed by atoms with Gasteiger partial charge in [-0.1, -0.05) is 13.0 Å². The van der Waals surface area contributed by atoms with Crippen molar-refractivity contribution in [2.75, 3.05) is 18.6 Å². The Morgan fingerprint density at radius 1 is 1.37 bits per heavy atom. The zero-order chi connectivity index (χ0) is 13.8. The average Bonchev–Trinajstić information content (AvgIpc) is 2.45. The molecule has 0 fully saturated rings. The van der Waals surface area contributed by atoms with Gasteiger partial charge in [-0.05, 0) is 37.0 Å². The number of anilines is 1. The van der Waals surface area contributed by atoms with Gasteiger partial charge in [-0.15, -0.1) is 0 Å². The standard InChI is InChI=1S/C15H19NO3/c1-3-6-14(17)16-10-5-8-11-12(15(18)19-2)7-4-9-13(11)16/h4,7,9H,3,5-6,8,10H2,1-2H3. The van der Waals surface area contributed by atoms with E-state index in [-0.39, 0.29) is 11.9 Å². The predicted molar refractivity (Wildman–Crippen MR) is 73.4 cm³/mol. The summed E-state index contributed by atoms with van der Waals surface area (Å²) < 4.78 is 4.80. The Morgan fingerprint density at radius 3 is 2.84 bits per heavy atom. The summed E-state index contributed by atoms with van der Waals surface area (Å²) in [4.78, 5) is 25.7. The molecule has 0 radical (unpaired) electrons. The minimum absolute atomic E-state index is 0.130. The van der Waals surface area contributed by atoms with Crippen LogP contribution in [-0.4, -0.2) is 25.5 Å². The quantitative estimate of drug-likeness (QED) is 0.786. The third kappa shape index (κ3) is 2.62. The van der Waals surface area contributed by atoms with Crippen LogP contribution in [-0.2, 0) is 16.0 Å². The number of methoxy groups -OCH3 is 1. The van der Waals surface area contributed by atoms with Crippen molar-refractivity contribution in [1.29, 1.82) is 0 Å². The molecule has 0 atom stereocenters. The molecular formula is C15H19NO3. The molecule has 1 aliphatic heterocycles. The predicted octanol–water partition coefficient (Wildman–Crippen LogP) is 2.55. The van der Waals surface area contributed by atoms with Gasteiger partial charge in [0.1, 0.15) is 0 Å². The first-order chi connectivity index (χ1) is 9.19. The van der Waals surface area contributed by atoms with Crippen LogP contribution in [0.1, 0.15) is 42.1 Å². The molecule has 1 amide bonds. The minimum Gasteiger partial charge on any atom is -0.465 e. The maximum Gasteiger partial charge on any atom is 0.338 e. The summed E-state index contributed by atoms with van der Waals surface area (Å²) in [6.07, 6.45) is 3.08. The van der Waals surface area contributed by atoms with E-state index in [1.165, 1.54) is 7.11 Å². The van der Waals surface area contributed by atoms with Gasteiger partial charge in [0.25, 0.3) is 0 Å². The highest BCUT2D eigenvalue weighted by molar-refractivity contribution is 5.98. The molecule has 102 valence electrons. The molecule has 1 aromatic rings. The first-order valence-corrected chi connectivity index (χ1v) is 6.69. The molecule has 0 saturated carbocycles. The van der Waals surface area contributed by atoms with Crippen LogP contribution in [0.25, 0.3) is 0 Å². The number of esters is 1. The molecule has 0 spiro atoms. The number of ether oxygens (including phenoxy) is 1. The summed E-state index contributed by atoms with van der Waals surface area (Å²) >= 11 is 0. The van der Waals surface area contributed by atoms with E-state index in [9.17, 15) is 9.59 Å². The van der Waals surface area contributed by atoms with Gasteiger partial charge in [-0.25, -0.2) is 4.79 Å². The number of carbonyl (C=O) groups excluding carboxylic acids is 2. The van der Waals surface area contributed by atoms with Gasteiger partial charge in [0.2, 0.25) is 5.91 Å². The van der Waals surface area contributed by atoms with Crippen molar-refractivity contribution >= 4 is 17.6 Å². The Bertz CT molecular complexity index is 496. The molecule has 2 rings (SSSR count). The second-order valence-electron chi connectivity index (χ2n) is 4.69. The largest absolute Gasteiger partial charge is 0.465 e. The van der Waals surface area contributed by atoms with E-state index < -0.39 is 0 Å². The summed E-state index contributed by atoms with van der Waals surface area (Å²) in [6.45, 7) is 2.73. The number of fused-ring (bicyclic) bond motifs is 1. The third-order valence-electron chi connectivity index (χ3n) is 3.42. The van der Waals surface area contributed by atoms with Gasteiger partial charge in [-0.2, -0.15) is 0 Å². The van der Waals surface area contributed by atoms with E-state index in [0.29, 0.717) is 12.0 Å². The van der Waals surface area contributed by atoms with Crippen molar-refractivity contribution in [2.24, 2.45) is 0 Å². The lowest BCUT2D eigenvalue weighted by Crippen LogP contribution is -2.35. The van der Waals surface area contributed by atoms with Crippen molar-refractivity contribution in [1.82, 2.24) is 0 Å². The van der Waals surface area contributed by atoms with Gasteiger partial charge in [0, 0.05) is 18.7 Å². The Labute approximate surface area is 113 Å². The SMILES string of the molecule is CCCC(=O)N1CCCc2c(C(=O)OC)cccc21. The number of hydrogen-bond donors (Lipinski definition) is 0. The molecule has 0 unspecified atom stereocenters. The molecule has 0 saturated heterocycles. The first kappa shape index (κ1) is 13.6. The Balaban J connectivity index is 2.40. The highest BCUT2D eigenvalue weighted by Gasteiger charge is 2.25. The van der Waals surface area contributed by atoms with E-state index in [1.807, 2.05) is 19.1 Å². The van der Waals surface area contributed by atoms with Crippen molar-refractivity contribution in [3.8, 4) is 0 Å². The lowest BCUT2D eigenvalue weighted by molar-refractivity contribution is -0.118. The molecule has 0 N–H and O–H groups in total. The van der Waals surface area contributed by atoms with Crippen LogP contribution in [0.4, 0.5) is 5.69 Å². The molecule has 1 aromatic carbocycles. The number of amides is 1. The van der Waals surface area contributed by atoms with Crippen LogP contribution in [0, 0.1) is 0 Å². The van der Waals surface area contributed by atoms with Gasteiger partial charge in [-0.3, -0.25) is 4.79 Å². The topological polar surface area (TPSA) is 46.6 Å². The summed E-state index contributed by atoms with van der Waals surface area (Å²) in [7, 11) is 1.38. The molecule has 4 heteroatoms. The second-order valence-corrected chi connectivity index (χ2v) is 4.69. The van der Waals surface area contributed by atoms with Gasteiger partial charge >= 0.3 is 5.97 Å². The number of rotatable bonds is 3. The maximum atomic E-state index is 12.1. The molecule has 4 nitrogen and oxygen atoms in total. The highest BCUT2D eigenvalue weighted by atomic mass is 16.5. The Kier molecular flexibility index (Phi) is 4.20. The molecular weight excluding hydrogens is 242 g/mol. The molecule has 1 aliphatic rings. The van der Waals surface area contributed by atoms with Crippen molar-refractivity contribution in [3.05, 3.63) is 29.3 Å². The Hall–Kier alpha value is -1.84. The van der Waals surface area contributed by atoms with Crippen LogP contribution >= 0.6 is 0 Å². The number of carbonyl (C=O) groups is 2. The van der Waals surface area contributed by atoms with Crippen molar-refractivity contribution in [3.63, 3.8) is 0 Å². The molecule has 0 aromatic heterocycles. The fraction of sp³-hybridized carbons (Fsp3) is 0.467. The summed E-state index contributed by atoms with van der Waals surface area (Å²) in [5.41, 5.74) is 2.38. The van der Waals surface area contributed by atoms with Crippen LogP contribution in [0.5, 0.6) is 0 Å². The van der Waals surface area contributed by atoms with E-state index in [4.69, 9.17) is 4.74 Å². The van der Waals surface area contributed by atoms with E-state index in [0.717, 1.165) is 37.1 Å². The van der Waals surface area contributed by atoms with Gasteiger partial charge in [0.15, 0.2) is 0 Å².